The summed E-state index contributed by atoms with van der Waals surface area (Å²) >= 11 is 0. The van der Waals surface area contributed by atoms with Crippen LogP contribution in [0.25, 0.3) is 0 Å². The molecule has 0 radical (unpaired) electrons. The number of carbonyl (C=O) groups is 1. The predicted octanol–water partition coefficient (Wildman–Crippen LogP) is 2.03. The Kier molecular flexibility index (Phi) is 6.82. The lowest BCUT2D eigenvalue weighted by atomic mass is 9.86. The fraction of sp³-hybridized carbons (Fsp3) is 0.737. The maximum absolute atomic E-state index is 12.1. The highest BCUT2D eigenvalue weighted by Gasteiger charge is 2.44. The Hall–Kier alpha value is -1.72. The highest BCUT2D eigenvalue weighted by Crippen LogP contribution is 2.29. The molecule has 0 aromatic rings. The molecular formula is C19H30N2O5S. The Morgan fingerprint density at radius 3 is 2.63 bits per heavy atom. The molecule has 1 fully saturated rings. The number of nitrogens with one attached hydrogen (secondary N) is 1. The summed E-state index contributed by atoms with van der Waals surface area (Å²) in [5.74, 6) is 6.78. The van der Waals surface area contributed by atoms with Crippen LogP contribution in [0.15, 0.2) is 12.0 Å². The summed E-state index contributed by atoms with van der Waals surface area (Å²) in [7, 11) is -3.73. The zero-order valence-corrected chi connectivity index (χ0v) is 17.3. The smallest absolute Gasteiger partial charge is 0.264 e. The number of nitrogens with zero attached hydrogens (tertiary/aromatic N) is 1. The Bertz CT molecular complexity index is 746. The molecule has 1 saturated carbocycles. The number of allylic oxidation sites excluding steroid dienone is 1. The summed E-state index contributed by atoms with van der Waals surface area (Å²) in [6, 6.07) is 0. The van der Waals surface area contributed by atoms with Crippen LogP contribution < -0.4 is 5.48 Å². The minimum atomic E-state index is -3.73. The van der Waals surface area contributed by atoms with E-state index >= 15 is 0 Å². The number of hydroxylamine groups is 1. The van der Waals surface area contributed by atoms with Crippen LogP contribution in [-0.4, -0.2) is 48.2 Å². The van der Waals surface area contributed by atoms with Crippen molar-refractivity contribution >= 4 is 15.7 Å². The molecule has 27 heavy (non-hydrogen) atoms. The molecule has 0 saturated heterocycles. The molecule has 2 atom stereocenters. The quantitative estimate of drug-likeness (QED) is 0.387. The normalized spacial score (nSPS) is 22.2. The Labute approximate surface area is 162 Å². The van der Waals surface area contributed by atoms with Crippen molar-refractivity contribution < 1.29 is 23.2 Å². The Morgan fingerprint density at radius 2 is 2.15 bits per heavy atom. The van der Waals surface area contributed by atoms with Crippen LogP contribution in [-0.2, 0) is 19.4 Å². The van der Waals surface area contributed by atoms with Crippen molar-refractivity contribution in [1.29, 1.82) is 0 Å². The highest BCUT2D eigenvalue weighted by molar-refractivity contribution is 7.92. The molecule has 1 amide bonds. The number of sulfone groups is 1. The zero-order chi connectivity index (χ0) is 20.2. The van der Waals surface area contributed by atoms with Crippen molar-refractivity contribution in [1.82, 2.24) is 10.4 Å². The van der Waals surface area contributed by atoms with Gasteiger partial charge in [-0.25, -0.2) is 13.9 Å². The van der Waals surface area contributed by atoms with Gasteiger partial charge in [0, 0.05) is 25.1 Å². The standard InChI is InChI=1S/C19H30N2O5S/c1-14(2)12-17-21(13-16(26-17)9-8-15-6-5-7-15)11-10-19(3,18(22)20-23)27(4,24)25/h13-15,17,23H,5-7,10-12H2,1-4H3,(H,20,22). The van der Waals surface area contributed by atoms with Gasteiger partial charge in [0.05, 0.1) is 6.20 Å². The maximum atomic E-state index is 12.1. The van der Waals surface area contributed by atoms with Crippen LogP contribution in [0, 0.1) is 23.7 Å². The van der Waals surface area contributed by atoms with Gasteiger partial charge in [-0.1, -0.05) is 26.2 Å². The summed E-state index contributed by atoms with van der Waals surface area (Å²) in [5.41, 5.74) is 1.48. The van der Waals surface area contributed by atoms with Crippen molar-refractivity contribution in [3.8, 4) is 11.8 Å². The monoisotopic (exact) mass is 398 g/mol. The third kappa shape index (κ3) is 5.17. The maximum Gasteiger partial charge on any atom is 0.264 e. The van der Waals surface area contributed by atoms with Gasteiger partial charge in [0.25, 0.3) is 5.91 Å². The van der Waals surface area contributed by atoms with Crippen LogP contribution in [0.4, 0.5) is 0 Å². The molecule has 1 aliphatic carbocycles. The first-order valence-electron chi connectivity index (χ1n) is 9.36. The van der Waals surface area contributed by atoms with E-state index in [0.717, 1.165) is 25.5 Å². The van der Waals surface area contributed by atoms with E-state index in [1.165, 1.54) is 18.8 Å². The molecule has 2 unspecified atom stereocenters. The molecule has 2 N–H and O–H groups in total. The first-order valence-corrected chi connectivity index (χ1v) is 11.3. The number of rotatable bonds is 7. The van der Waals surface area contributed by atoms with Crippen molar-refractivity contribution in [2.24, 2.45) is 11.8 Å². The molecule has 0 aromatic heterocycles. The van der Waals surface area contributed by atoms with Crippen molar-refractivity contribution in [2.45, 2.75) is 63.9 Å². The van der Waals surface area contributed by atoms with E-state index in [2.05, 4.69) is 25.7 Å². The van der Waals surface area contributed by atoms with E-state index in [4.69, 9.17) is 9.94 Å². The summed E-state index contributed by atoms with van der Waals surface area (Å²) < 4.78 is 28.5. The molecular weight excluding hydrogens is 368 g/mol. The fourth-order valence-electron chi connectivity index (χ4n) is 2.99. The Balaban J connectivity index is 2.14. The second kappa shape index (κ2) is 8.53. The number of amides is 1. The first-order chi connectivity index (χ1) is 12.6. The second-order valence-corrected chi connectivity index (χ2v) is 10.5. The van der Waals surface area contributed by atoms with Gasteiger partial charge in [0.15, 0.2) is 26.6 Å². The van der Waals surface area contributed by atoms with Gasteiger partial charge in [0.2, 0.25) is 0 Å². The van der Waals surface area contributed by atoms with Gasteiger partial charge in [-0.15, -0.1) is 0 Å². The topological polar surface area (TPSA) is 95.9 Å². The molecule has 1 aliphatic heterocycles. The number of carbonyl (C=O) groups excluding carboxylic acids is 1. The summed E-state index contributed by atoms with van der Waals surface area (Å²) in [6.07, 6.45) is 6.82. The minimum Gasteiger partial charge on any atom is -0.461 e. The van der Waals surface area contributed by atoms with E-state index in [1.54, 1.807) is 6.20 Å². The molecule has 2 aliphatic rings. The van der Waals surface area contributed by atoms with Crippen molar-refractivity contribution in [3.63, 3.8) is 0 Å². The molecule has 0 spiro atoms. The highest BCUT2D eigenvalue weighted by atomic mass is 32.2. The van der Waals surface area contributed by atoms with Crippen LogP contribution in [0.1, 0.15) is 52.9 Å². The summed E-state index contributed by atoms with van der Waals surface area (Å²) in [4.78, 5) is 13.9. The molecule has 0 bridgehead atoms. The van der Waals surface area contributed by atoms with Crippen molar-refractivity contribution in [3.05, 3.63) is 12.0 Å². The van der Waals surface area contributed by atoms with E-state index in [1.807, 2.05) is 4.90 Å². The van der Waals surface area contributed by atoms with E-state index in [0.29, 0.717) is 24.1 Å². The van der Waals surface area contributed by atoms with Gasteiger partial charge in [-0.3, -0.25) is 10.0 Å². The average molecular weight is 399 g/mol. The van der Waals surface area contributed by atoms with Crippen LogP contribution >= 0.6 is 0 Å². The molecule has 7 nitrogen and oxygen atoms in total. The average Bonchev–Trinajstić information content (AvgIpc) is 2.90. The lowest BCUT2D eigenvalue weighted by molar-refractivity contribution is -0.131. The van der Waals surface area contributed by atoms with Crippen LogP contribution in [0.3, 0.4) is 0 Å². The molecule has 152 valence electrons. The minimum absolute atomic E-state index is 0.0238. The largest absolute Gasteiger partial charge is 0.461 e. The SMILES string of the molecule is CC(C)CC1OC(C#CC2CCC2)=CN1CCC(C)(C(=O)NO)S(C)(=O)=O. The van der Waals surface area contributed by atoms with E-state index in [9.17, 15) is 13.2 Å². The van der Waals surface area contributed by atoms with Crippen LogP contribution in [0.5, 0.6) is 0 Å². The van der Waals surface area contributed by atoms with E-state index < -0.39 is 20.5 Å². The fourth-order valence-corrected chi connectivity index (χ4v) is 3.83. The first kappa shape index (κ1) is 21.6. The van der Waals surface area contributed by atoms with Crippen molar-refractivity contribution in [2.75, 3.05) is 12.8 Å². The predicted molar refractivity (Wildman–Crippen MR) is 102 cm³/mol. The number of hydrogen-bond acceptors (Lipinski definition) is 6. The number of hydrogen-bond donors (Lipinski definition) is 2. The zero-order valence-electron chi connectivity index (χ0n) is 16.5. The molecule has 8 heteroatoms. The number of ether oxygens (including phenoxy) is 1. The lowest BCUT2D eigenvalue weighted by Crippen LogP contribution is -2.51. The van der Waals surface area contributed by atoms with Crippen LogP contribution in [0.2, 0.25) is 0 Å². The van der Waals surface area contributed by atoms with Gasteiger partial charge >= 0.3 is 0 Å². The van der Waals surface area contributed by atoms with E-state index in [-0.39, 0.29) is 12.6 Å². The molecule has 2 rings (SSSR count). The molecule has 0 aromatic carbocycles. The molecule has 1 heterocycles. The summed E-state index contributed by atoms with van der Waals surface area (Å²) in [6.45, 7) is 5.78. The summed E-state index contributed by atoms with van der Waals surface area (Å²) in [5, 5.41) is 8.96. The van der Waals surface area contributed by atoms with Gasteiger partial charge in [-0.2, -0.15) is 0 Å². The lowest BCUT2D eigenvalue weighted by Gasteiger charge is -2.30. The third-order valence-electron chi connectivity index (χ3n) is 5.34. The Morgan fingerprint density at radius 1 is 1.48 bits per heavy atom. The van der Waals surface area contributed by atoms with Gasteiger partial charge in [0.1, 0.15) is 0 Å². The second-order valence-electron chi connectivity index (χ2n) is 8.02. The third-order valence-corrected chi connectivity index (χ3v) is 7.37. The van der Waals surface area contributed by atoms with Gasteiger partial charge < -0.3 is 9.64 Å². The van der Waals surface area contributed by atoms with Gasteiger partial charge in [-0.05, 0) is 38.0 Å².